The quantitative estimate of drug-likeness (QED) is 0.843. The third-order valence-electron chi connectivity index (χ3n) is 3.38. The number of aliphatic carboxylic acids is 1. The minimum atomic E-state index is -0.994. The number of hydrogen-bond donors (Lipinski definition) is 1. The summed E-state index contributed by atoms with van der Waals surface area (Å²) in [4.78, 5) is 24.6. The lowest BCUT2D eigenvalue weighted by atomic mass is 10.2. The van der Waals surface area contributed by atoms with Crippen LogP contribution in [-0.4, -0.2) is 47.7 Å². The zero-order valence-electron chi connectivity index (χ0n) is 11.2. The maximum atomic E-state index is 12.1. The number of carboxylic acids is 1. The SMILES string of the molecule is COC1CC(C(=O)O)N(C(=O)/C=C/c2ccccc2)C1. The van der Waals surface area contributed by atoms with Crippen molar-refractivity contribution in [3.63, 3.8) is 0 Å². The van der Waals surface area contributed by atoms with E-state index >= 15 is 0 Å². The van der Waals surface area contributed by atoms with Crippen LogP contribution in [0.3, 0.4) is 0 Å². The molecule has 20 heavy (non-hydrogen) atoms. The lowest BCUT2D eigenvalue weighted by Gasteiger charge is -2.19. The van der Waals surface area contributed by atoms with E-state index < -0.39 is 12.0 Å². The molecule has 0 aliphatic carbocycles. The van der Waals surface area contributed by atoms with E-state index in [0.717, 1.165) is 5.56 Å². The van der Waals surface area contributed by atoms with Gasteiger partial charge in [-0.3, -0.25) is 4.79 Å². The van der Waals surface area contributed by atoms with Crippen molar-refractivity contribution < 1.29 is 19.4 Å². The average molecular weight is 275 g/mol. The summed E-state index contributed by atoms with van der Waals surface area (Å²) >= 11 is 0. The summed E-state index contributed by atoms with van der Waals surface area (Å²) in [6.45, 7) is 0.311. The molecular formula is C15H17NO4. The Hall–Kier alpha value is -2.14. The third kappa shape index (κ3) is 3.24. The van der Waals surface area contributed by atoms with Gasteiger partial charge in [-0.15, -0.1) is 0 Å². The second-order valence-electron chi connectivity index (χ2n) is 4.68. The second kappa shape index (κ2) is 6.34. The van der Waals surface area contributed by atoms with Crippen LogP contribution in [0.15, 0.2) is 36.4 Å². The number of nitrogens with zero attached hydrogens (tertiary/aromatic N) is 1. The van der Waals surface area contributed by atoms with Crippen molar-refractivity contribution in [3.8, 4) is 0 Å². The predicted molar refractivity (Wildman–Crippen MR) is 74.0 cm³/mol. The molecule has 1 fully saturated rings. The van der Waals surface area contributed by atoms with Gasteiger partial charge in [0, 0.05) is 26.2 Å². The summed E-state index contributed by atoms with van der Waals surface area (Å²) in [6, 6.07) is 8.58. The van der Waals surface area contributed by atoms with Gasteiger partial charge in [0.25, 0.3) is 0 Å². The molecule has 1 N–H and O–H groups in total. The molecule has 1 aromatic carbocycles. The number of carboxylic acid groups (broad SMARTS) is 1. The molecule has 2 unspecified atom stereocenters. The molecule has 1 aromatic rings. The summed E-state index contributed by atoms with van der Waals surface area (Å²) in [5.74, 6) is -1.30. The van der Waals surface area contributed by atoms with Gasteiger partial charge < -0.3 is 14.7 Å². The molecule has 0 radical (unpaired) electrons. The molecule has 2 rings (SSSR count). The van der Waals surface area contributed by atoms with Gasteiger partial charge in [-0.1, -0.05) is 30.3 Å². The minimum Gasteiger partial charge on any atom is -0.480 e. The van der Waals surface area contributed by atoms with Crippen LogP contribution >= 0.6 is 0 Å². The molecule has 0 bridgehead atoms. The van der Waals surface area contributed by atoms with Crippen LogP contribution in [-0.2, 0) is 14.3 Å². The normalized spacial score (nSPS) is 22.4. The Morgan fingerprint density at radius 1 is 1.35 bits per heavy atom. The number of hydrogen-bond acceptors (Lipinski definition) is 3. The highest BCUT2D eigenvalue weighted by Gasteiger charge is 2.38. The Kier molecular flexibility index (Phi) is 4.53. The van der Waals surface area contributed by atoms with Crippen molar-refractivity contribution in [3.05, 3.63) is 42.0 Å². The van der Waals surface area contributed by atoms with Crippen molar-refractivity contribution in [2.75, 3.05) is 13.7 Å². The minimum absolute atomic E-state index is 0.217. The van der Waals surface area contributed by atoms with E-state index in [-0.39, 0.29) is 12.0 Å². The summed E-state index contributed by atoms with van der Waals surface area (Å²) in [5.41, 5.74) is 0.898. The van der Waals surface area contributed by atoms with Crippen LogP contribution < -0.4 is 0 Å². The van der Waals surface area contributed by atoms with Crippen LogP contribution in [0.4, 0.5) is 0 Å². The van der Waals surface area contributed by atoms with Crippen molar-refractivity contribution in [2.45, 2.75) is 18.6 Å². The summed E-state index contributed by atoms with van der Waals surface area (Å²) in [6.07, 6.45) is 3.20. The predicted octanol–water partition coefficient (Wildman–Crippen LogP) is 1.40. The fourth-order valence-electron chi connectivity index (χ4n) is 2.27. The number of amides is 1. The third-order valence-corrected chi connectivity index (χ3v) is 3.38. The number of benzene rings is 1. The van der Waals surface area contributed by atoms with Crippen LogP contribution in [0.5, 0.6) is 0 Å². The summed E-state index contributed by atoms with van der Waals surface area (Å²) < 4.78 is 5.15. The van der Waals surface area contributed by atoms with Gasteiger partial charge in [0.05, 0.1) is 6.10 Å². The van der Waals surface area contributed by atoms with E-state index in [1.807, 2.05) is 30.3 Å². The van der Waals surface area contributed by atoms with E-state index in [9.17, 15) is 9.59 Å². The van der Waals surface area contributed by atoms with E-state index in [1.54, 1.807) is 6.08 Å². The Bertz CT molecular complexity index is 512. The fourth-order valence-corrected chi connectivity index (χ4v) is 2.27. The van der Waals surface area contributed by atoms with Crippen LogP contribution in [0, 0.1) is 0 Å². The first kappa shape index (κ1) is 14.3. The number of methoxy groups -OCH3 is 1. The van der Waals surface area contributed by atoms with Crippen molar-refractivity contribution in [2.24, 2.45) is 0 Å². The monoisotopic (exact) mass is 275 g/mol. The van der Waals surface area contributed by atoms with Gasteiger partial charge in [-0.05, 0) is 11.6 Å². The highest BCUT2D eigenvalue weighted by molar-refractivity contribution is 5.94. The van der Waals surface area contributed by atoms with Crippen molar-refractivity contribution in [1.82, 2.24) is 4.90 Å². The molecular weight excluding hydrogens is 258 g/mol. The number of rotatable bonds is 4. The maximum Gasteiger partial charge on any atom is 0.326 e. The Morgan fingerprint density at radius 3 is 2.65 bits per heavy atom. The topological polar surface area (TPSA) is 66.8 Å². The van der Waals surface area contributed by atoms with Gasteiger partial charge in [0.15, 0.2) is 0 Å². The van der Waals surface area contributed by atoms with Crippen molar-refractivity contribution in [1.29, 1.82) is 0 Å². The van der Waals surface area contributed by atoms with Crippen LogP contribution in [0.25, 0.3) is 6.08 Å². The Labute approximate surface area is 117 Å². The lowest BCUT2D eigenvalue weighted by Crippen LogP contribution is -2.39. The van der Waals surface area contributed by atoms with Gasteiger partial charge >= 0.3 is 5.97 Å². The molecule has 5 nitrogen and oxygen atoms in total. The molecule has 0 aromatic heterocycles. The Morgan fingerprint density at radius 2 is 2.05 bits per heavy atom. The first-order valence-electron chi connectivity index (χ1n) is 6.41. The van der Waals surface area contributed by atoms with Crippen molar-refractivity contribution >= 4 is 18.0 Å². The molecule has 1 amide bonds. The van der Waals surface area contributed by atoms with E-state index in [1.165, 1.54) is 18.1 Å². The summed E-state index contributed by atoms with van der Waals surface area (Å²) in [7, 11) is 1.53. The number of carbonyl (C=O) groups excluding carboxylic acids is 1. The summed E-state index contributed by atoms with van der Waals surface area (Å²) in [5, 5.41) is 9.16. The smallest absolute Gasteiger partial charge is 0.326 e. The standard InChI is InChI=1S/C15H17NO4/c1-20-12-9-13(15(18)19)16(10-12)14(17)8-7-11-5-3-2-4-6-11/h2-8,12-13H,9-10H2,1H3,(H,18,19)/b8-7+. The molecule has 2 atom stereocenters. The largest absolute Gasteiger partial charge is 0.480 e. The van der Waals surface area contributed by atoms with Crippen LogP contribution in [0.1, 0.15) is 12.0 Å². The Balaban J connectivity index is 2.07. The van der Waals surface area contributed by atoms with Gasteiger partial charge in [-0.25, -0.2) is 4.79 Å². The second-order valence-corrected chi connectivity index (χ2v) is 4.68. The zero-order chi connectivity index (χ0) is 14.5. The van der Waals surface area contributed by atoms with Gasteiger partial charge in [0.1, 0.15) is 6.04 Å². The highest BCUT2D eigenvalue weighted by Crippen LogP contribution is 2.21. The molecule has 1 heterocycles. The molecule has 106 valence electrons. The zero-order valence-corrected chi connectivity index (χ0v) is 11.2. The maximum absolute atomic E-state index is 12.1. The molecule has 1 aliphatic rings. The number of ether oxygens (including phenoxy) is 1. The first-order chi connectivity index (χ1) is 9.61. The molecule has 1 aliphatic heterocycles. The number of likely N-dealkylation sites (tertiary alicyclic amines) is 1. The van der Waals surface area contributed by atoms with E-state index in [0.29, 0.717) is 13.0 Å². The van der Waals surface area contributed by atoms with Crippen LogP contribution in [0.2, 0.25) is 0 Å². The molecule has 5 heteroatoms. The molecule has 0 spiro atoms. The average Bonchev–Trinajstić information content (AvgIpc) is 2.90. The van der Waals surface area contributed by atoms with Gasteiger partial charge in [0.2, 0.25) is 5.91 Å². The molecule has 1 saturated heterocycles. The van der Waals surface area contributed by atoms with E-state index in [2.05, 4.69) is 0 Å². The lowest BCUT2D eigenvalue weighted by molar-refractivity contribution is -0.146. The first-order valence-corrected chi connectivity index (χ1v) is 6.41. The van der Waals surface area contributed by atoms with Gasteiger partial charge in [-0.2, -0.15) is 0 Å². The fraction of sp³-hybridized carbons (Fsp3) is 0.333. The van der Waals surface area contributed by atoms with E-state index in [4.69, 9.17) is 9.84 Å². The highest BCUT2D eigenvalue weighted by atomic mass is 16.5. The molecule has 0 saturated carbocycles. The number of carbonyl (C=O) groups is 2.